The second-order valence-electron chi connectivity index (χ2n) is 11.9. The second-order valence-corrected chi connectivity index (χ2v) is 11.9. The van der Waals surface area contributed by atoms with Crippen LogP contribution in [0.1, 0.15) is 92.9 Å². The van der Waals surface area contributed by atoms with Crippen LogP contribution in [0.25, 0.3) is 0 Å². The molecule has 186 valence electrons. The number of esters is 3. The third-order valence-corrected chi connectivity index (χ3v) is 10.2. The van der Waals surface area contributed by atoms with Gasteiger partial charge in [0.2, 0.25) is 0 Å². The minimum absolute atomic E-state index is 0.00566. The smallest absolute Gasteiger partial charge is 0.302 e. The van der Waals surface area contributed by atoms with E-state index in [1.807, 2.05) is 6.92 Å². The van der Waals surface area contributed by atoms with Crippen molar-refractivity contribution in [3.8, 4) is 0 Å². The molecule has 0 unspecified atom stereocenters. The topological polar surface area (TPSA) is 78.9 Å². The predicted octanol–water partition coefficient (Wildman–Crippen LogP) is 5.07. The average molecular weight is 463 g/mol. The molecular weight excluding hydrogens is 420 g/mol. The summed E-state index contributed by atoms with van der Waals surface area (Å²) in [6.45, 7) is 11.3. The van der Waals surface area contributed by atoms with Crippen LogP contribution in [0.2, 0.25) is 0 Å². The summed E-state index contributed by atoms with van der Waals surface area (Å²) in [6.07, 6.45) is 7.89. The minimum atomic E-state index is -0.225. The van der Waals surface area contributed by atoms with Crippen molar-refractivity contribution in [3.63, 3.8) is 0 Å². The van der Waals surface area contributed by atoms with Gasteiger partial charge in [-0.15, -0.1) is 0 Å². The van der Waals surface area contributed by atoms with Crippen molar-refractivity contribution < 1.29 is 28.6 Å². The van der Waals surface area contributed by atoms with Crippen LogP contribution in [-0.2, 0) is 28.6 Å². The van der Waals surface area contributed by atoms with E-state index < -0.39 is 0 Å². The van der Waals surface area contributed by atoms with Crippen molar-refractivity contribution in [2.24, 2.45) is 40.4 Å². The van der Waals surface area contributed by atoms with E-state index in [-0.39, 0.29) is 53.0 Å². The van der Waals surface area contributed by atoms with E-state index in [1.54, 1.807) is 0 Å². The maximum atomic E-state index is 12.2. The van der Waals surface area contributed by atoms with Gasteiger partial charge >= 0.3 is 17.9 Å². The first-order valence-electron chi connectivity index (χ1n) is 13.0. The Balaban J connectivity index is 1.63. The molecule has 0 aromatic heterocycles. The standard InChI is InChI=1S/C27H42O6/c1-15(31-16(2)28)22-9-10-23-21-8-7-19-13-20(32-17(3)29)11-12-26(19,5)25(21)24(33-18(4)30)14-27(22,23)6/h15,19-25H,7-14H2,1-6H3/t15-,19+,20+,21+,22+,23-,24+,25-,26+,27-/m0/s1. The van der Waals surface area contributed by atoms with Crippen molar-refractivity contribution in [2.75, 3.05) is 0 Å². The van der Waals surface area contributed by atoms with Crippen molar-refractivity contribution in [1.29, 1.82) is 0 Å². The van der Waals surface area contributed by atoms with Crippen molar-refractivity contribution in [3.05, 3.63) is 0 Å². The normalized spacial score (nSPS) is 45.1. The van der Waals surface area contributed by atoms with Crippen LogP contribution in [-0.4, -0.2) is 36.2 Å². The molecule has 4 aliphatic rings. The monoisotopic (exact) mass is 462 g/mol. The van der Waals surface area contributed by atoms with E-state index in [4.69, 9.17) is 14.2 Å². The zero-order chi connectivity index (χ0) is 24.1. The van der Waals surface area contributed by atoms with E-state index in [0.717, 1.165) is 51.4 Å². The van der Waals surface area contributed by atoms with E-state index in [0.29, 0.717) is 23.7 Å². The van der Waals surface area contributed by atoms with E-state index in [2.05, 4.69) is 13.8 Å². The Kier molecular flexibility index (Phi) is 6.60. The fourth-order valence-electron chi connectivity index (χ4n) is 9.13. The number of rotatable bonds is 4. The van der Waals surface area contributed by atoms with Gasteiger partial charge in [0.05, 0.1) is 0 Å². The molecule has 0 N–H and O–H groups in total. The quantitative estimate of drug-likeness (QED) is 0.429. The highest BCUT2D eigenvalue weighted by Crippen LogP contribution is 2.68. The number of hydrogen-bond acceptors (Lipinski definition) is 6. The SMILES string of the molecule is CC(=O)O[C@@H]1CC[C@]2(C)[C@H](CC[C@H]3[C@H]2[C@H](OC(C)=O)C[C@@]2(C)[C@@H]([C@H](C)OC(C)=O)CC[C@@H]32)C1. The molecule has 0 aromatic rings. The molecule has 6 heteroatoms. The zero-order valence-corrected chi connectivity index (χ0v) is 21.2. The van der Waals surface area contributed by atoms with Gasteiger partial charge in [0.25, 0.3) is 0 Å². The molecule has 0 aromatic carbocycles. The third kappa shape index (κ3) is 4.32. The van der Waals surface area contributed by atoms with Gasteiger partial charge in [-0.05, 0) is 86.9 Å². The molecule has 4 aliphatic carbocycles. The maximum absolute atomic E-state index is 12.2. The first kappa shape index (κ1) is 24.5. The lowest BCUT2D eigenvalue weighted by atomic mass is 9.43. The molecule has 4 saturated carbocycles. The molecule has 4 rings (SSSR count). The molecule has 0 bridgehead atoms. The van der Waals surface area contributed by atoms with Crippen LogP contribution in [0.3, 0.4) is 0 Å². The molecule has 0 spiro atoms. The Morgan fingerprint density at radius 1 is 0.848 bits per heavy atom. The Morgan fingerprint density at radius 2 is 1.55 bits per heavy atom. The first-order chi connectivity index (χ1) is 15.5. The van der Waals surface area contributed by atoms with Gasteiger partial charge in [-0.25, -0.2) is 0 Å². The number of ether oxygens (including phenoxy) is 3. The van der Waals surface area contributed by atoms with Crippen LogP contribution in [0.5, 0.6) is 0 Å². The highest BCUT2D eigenvalue weighted by Gasteiger charge is 2.65. The number of fused-ring (bicyclic) bond motifs is 5. The van der Waals surface area contributed by atoms with Gasteiger partial charge in [-0.3, -0.25) is 14.4 Å². The average Bonchev–Trinajstić information content (AvgIpc) is 3.03. The van der Waals surface area contributed by atoms with Crippen LogP contribution < -0.4 is 0 Å². The highest BCUT2D eigenvalue weighted by atomic mass is 16.6. The molecule has 33 heavy (non-hydrogen) atoms. The molecule has 0 saturated heterocycles. The Morgan fingerprint density at radius 3 is 2.18 bits per heavy atom. The van der Waals surface area contributed by atoms with E-state index in [1.165, 1.54) is 20.8 Å². The summed E-state index contributed by atoms with van der Waals surface area (Å²) in [4.78, 5) is 35.5. The van der Waals surface area contributed by atoms with Gasteiger partial charge in [0.15, 0.2) is 0 Å². The fraction of sp³-hybridized carbons (Fsp3) is 0.889. The predicted molar refractivity (Wildman–Crippen MR) is 123 cm³/mol. The molecule has 0 radical (unpaired) electrons. The fourth-order valence-corrected chi connectivity index (χ4v) is 9.13. The van der Waals surface area contributed by atoms with Crippen molar-refractivity contribution in [1.82, 2.24) is 0 Å². The summed E-state index contributed by atoms with van der Waals surface area (Å²) >= 11 is 0. The Hall–Kier alpha value is -1.59. The number of hydrogen-bond donors (Lipinski definition) is 0. The summed E-state index contributed by atoms with van der Waals surface area (Å²) in [5.41, 5.74) is 0.0783. The van der Waals surface area contributed by atoms with Gasteiger partial charge in [-0.1, -0.05) is 13.8 Å². The summed E-state index contributed by atoms with van der Waals surface area (Å²) in [6, 6.07) is 0. The molecule has 4 fully saturated rings. The molecule has 10 atom stereocenters. The van der Waals surface area contributed by atoms with Crippen LogP contribution in [0, 0.1) is 40.4 Å². The number of carbonyl (C=O) groups is 3. The van der Waals surface area contributed by atoms with Crippen LogP contribution in [0.4, 0.5) is 0 Å². The van der Waals surface area contributed by atoms with E-state index >= 15 is 0 Å². The summed E-state index contributed by atoms with van der Waals surface area (Å²) in [5.74, 6) is 1.55. The van der Waals surface area contributed by atoms with Crippen LogP contribution >= 0.6 is 0 Å². The maximum Gasteiger partial charge on any atom is 0.302 e. The lowest BCUT2D eigenvalue weighted by Gasteiger charge is -2.63. The zero-order valence-electron chi connectivity index (χ0n) is 21.2. The molecule has 0 heterocycles. The summed E-state index contributed by atoms with van der Waals surface area (Å²) in [5, 5.41) is 0. The Bertz CT molecular complexity index is 793. The molecule has 0 aliphatic heterocycles. The van der Waals surface area contributed by atoms with Gasteiger partial charge < -0.3 is 14.2 Å². The summed E-state index contributed by atoms with van der Waals surface area (Å²) < 4.78 is 17.4. The number of carbonyl (C=O) groups excluding carboxylic acids is 3. The van der Waals surface area contributed by atoms with Crippen molar-refractivity contribution >= 4 is 17.9 Å². The van der Waals surface area contributed by atoms with Gasteiger partial charge in [0, 0.05) is 32.6 Å². The molecule has 6 nitrogen and oxygen atoms in total. The lowest BCUT2D eigenvalue weighted by molar-refractivity contribution is -0.203. The largest absolute Gasteiger partial charge is 0.463 e. The molecule has 0 amide bonds. The van der Waals surface area contributed by atoms with Crippen molar-refractivity contribution in [2.45, 2.75) is 111 Å². The third-order valence-electron chi connectivity index (χ3n) is 10.2. The van der Waals surface area contributed by atoms with E-state index in [9.17, 15) is 14.4 Å². The second kappa shape index (κ2) is 8.88. The van der Waals surface area contributed by atoms with Gasteiger partial charge in [0.1, 0.15) is 18.3 Å². The van der Waals surface area contributed by atoms with Crippen LogP contribution in [0.15, 0.2) is 0 Å². The molecular formula is C27H42O6. The minimum Gasteiger partial charge on any atom is -0.463 e. The van der Waals surface area contributed by atoms with Gasteiger partial charge in [-0.2, -0.15) is 0 Å². The summed E-state index contributed by atoms with van der Waals surface area (Å²) in [7, 11) is 0. The first-order valence-corrected chi connectivity index (χ1v) is 13.0. The highest BCUT2D eigenvalue weighted by molar-refractivity contribution is 5.67. The lowest BCUT2D eigenvalue weighted by Crippen LogP contribution is -2.60. The Labute approximate surface area is 198 Å².